The van der Waals surface area contributed by atoms with Gasteiger partial charge < -0.3 is 33.5 Å². The zero-order valence-corrected chi connectivity index (χ0v) is 27.9. The Morgan fingerprint density at radius 3 is 1.73 bits per heavy atom. The first kappa shape index (κ1) is 40.1. The topological polar surface area (TPSA) is 130 Å². The first-order valence-corrected chi connectivity index (χ1v) is 15.6. The highest BCUT2D eigenvalue weighted by molar-refractivity contribution is 5.49. The molecule has 0 radical (unpaired) electrons. The monoisotopic (exact) mass is 742 g/mol. The van der Waals surface area contributed by atoms with E-state index in [1.54, 1.807) is 66.7 Å². The number of hydrogen-bond acceptors (Lipinski definition) is 9. The van der Waals surface area contributed by atoms with E-state index in [0.717, 1.165) is 16.8 Å². The molecule has 0 fully saturated rings. The van der Waals surface area contributed by atoms with Crippen LogP contribution in [0.2, 0.25) is 0 Å². The van der Waals surface area contributed by atoms with Crippen LogP contribution in [0.4, 0.5) is 26.3 Å². The summed E-state index contributed by atoms with van der Waals surface area (Å²) in [7, 11) is 3.02. The van der Waals surface area contributed by atoms with Crippen LogP contribution in [-0.4, -0.2) is 80.1 Å². The SMILES string of the molecule is COc1ccc(C(OC[C@@H](OCn2ccc(=O)[nH]c2=O)C(O)COCOCC(C(F)(F)F)C(F)(F)F)(c2ccccc2)c2ccc(OC)cc2)cc1. The minimum absolute atomic E-state index is 0.430. The highest BCUT2D eigenvalue weighted by atomic mass is 19.4. The van der Waals surface area contributed by atoms with Crippen LogP contribution in [-0.2, 0) is 31.3 Å². The molecule has 52 heavy (non-hydrogen) atoms. The van der Waals surface area contributed by atoms with Crippen molar-refractivity contribution >= 4 is 0 Å². The lowest BCUT2D eigenvalue weighted by Crippen LogP contribution is -2.43. The molecular weight excluding hydrogens is 706 g/mol. The Morgan fingerprint density at radius 1 is 0.712 bits per heavy atom. The molecule has 0 aliphatic heterocycles. The second kappa shape index (κ2) is 17.7. The molecule has 17 heteroatoms. The second-order valence-corrected chi connectivity index (χ2v) is 11.3. The molecule has 1 heterocycles. The molecule has 282 valence electrons. The molecule has 4 aromatic rings. The van der Waals surface area contributed by atoms with Gasteiger partial charge in [0.15, 0.2) is 5.92 Å². The molecule has 0 saturated heterocycles. The van der Waals surface area contributed by atoms with Crippen molar-refractivity contribution in [3.8, 4) is 11.5 Å². The largest absolute Gasteiger partial charge is 0.497 e. The molecule has 2 N–H and O–H groups in total. The van der Waals surface area contributed by atoms with Gasteiger partial charge in [-0.2, -0.15) is 26.3 Å². The number of aromatic nitrogens is 2. The van der Waals surface area contributed by atoms with Gasteiger partial charge in [-0.1, -0.05) is 54.6 Å². The number of benzene rings is 3. The lowest BCUT2D eigenvalue weighted by Gasteiger charge is -2.37. The Hall–Kier alpha value is -4.68. The van der Waals surface area contributed by atoms with Crippen molar-refractivity contribution in [3.05, 3.63) is 129 Å². The van der Waals surface area contributed by atoms with Crippen LogP contribution in [0.15, 0.2) is 101 Å². The summed E-state index contributed by atoms with van der Waals surface area (Å²) in [5.74, 6) is -2.63. The number of aromatic amines is 1. The quantitative estimate of drug-likeness (QED) is 0.0627. The van der Waals surface area contributed by atoms with E-state index in [0.29, 0.717) is 28.2 Å². The first-order valence-electron chi connectivity index (χ1n) is 15.6. The van der Waals surface area contributed by atoms with E-state index in [2.05, 4.69) is 9.72 Å². The van der Waals surface area contributed by atoms with E-state index in [4.69, 9.17) is 23.7 Å². The molecule has 1 aromatic heterocycles. The lowest BCUT2D eigenvalue weighted by atomic mass is 9.80. The number of rotatable bonds is 18. The predicted octanol–water partition coefficient (Wildman–Crippen LogP) is 5.00. The molecular formula is C35H36F6N2O9. The van der Waals surface area contributed by atoms with Gasteiger partial charge in [0.05, 0.1) is 34.0 Å². The van der Waals surface area contributed by atoms with Crippen molar-refractivity contribution in [2.24, 2.45) is 5.92 Å². The third-order valence-corrected chi connectivity index (χ3v) is 7.92. The summed E-state index contributed by atoms with van der Waals surface area (Å²) in [6.45, 7) is -4.43. The Bertz CT molecular complexity index is 1740. The van der Waals surface area contributed by atoms with Crippen LogP contribution < -0.4 is 20.7 Å². The van der Waals surface area contributed by atoms with Crippen LogP contribution in [0.3, 0.4) is 0 Å². The number of ether oxygens (including phenoxy) is 6. The van der Waals surface area contributed by atoms with Crippen molar-refractivity contribution < 1.29 is 59.9 Å². The van der Waals surface area contributed by atoms with Crippen molar-refractivity contribution in [2.45, 2.75) is 36.9 Å². The zero-order valence-electron chi connectivity index (χ0n) is 27.9. The molecule has 1 unspecified atom stereocenters. The molecule has 3 aromatic carbocycles. The fraction of sp³-hybridized carbons (Fsp3) is 0.371. The normalized spacial score (nSPS) is 13.6. The fourth-order valence-electron chi connectivity index (χ4n) is 5.15. The molecule has 0 spiro atoms. The van der Waals surface area contributed by atoms with Gasteiger partial charge in [-0.3, -0.25) is 14.3 Å². The summed E-state index contributed by atoms with van der Waals surface area (Å²) in [5, 5.41) is 11.2. The van der Waals surface area contributed by atoms with Crippen LogP contribution in [0.5, 0.6) is 11.5 Å². The van der Waals surface area contributed by atoms with Gasteiger partial charge in [0.25, 0.3) is 5.56 Å². The predicted molar refractivity (Wildman–Crippen MR) is 173 cm³/mol. The van der Waals surface area contributed by atoms with Gasteiger partial charge in [-0.25, -0.2) is 4.79 Å². The maximum atomic E-state index is 12.9. The fourth-order valence-corrected chi connectivity index (χ4v) is 5.15. The van der Waals surface area contributed by atoms with E-state index in [1.165, 1.54) is 14.2 Å². The first-order chi connectivity index (χ1) is 24.7. The molecule has 0 saturated carbocycles. The average Bonchev–Trinajstić information content (AvgIpc) is 3.11. The summed E-state index contributed by atoms with van der Waals surface area (Å²) in [6.07, 6.45) is -13.0. The average molecular weight is 743 g/mol. The molecule has 0 aliphatic carbocycles. The van der Waals surface area contributed by atoms with Crippen molar-refractivity contribution in [1.82, 2.24) is 9.55 Å². The number of aliphatic hydroxyl groups excluding tert-OH is 1. The number of halogens is 6. The van der Waals surface area contributed by atoms with Crippen LogP contribution in [0.25, 0.3) is 0 Å². The number of H-pyrrole nitrogens is 1. The van der Waals surface area contributed by atoms with Crippen LogP contribution in [0, 0.1) is 5.92 Å². The van der Waals surface area contributed by atoms with E-state index in [9.17, 15) is 41.0 Å². The number of alkyl halides is 6. The van der Waals surface area contributed by atoms with E-state index < -0.39 is 80.7 Å². The van der Waals surface area contributed by atoms with E-state index in [1.807, 2.05) is 12.1 Å². The number of nitrogens with zero attached hydrogens (tertiary/aromatic N) is 1. The number of hydrogen-bond donors (Lipinski definition) is 2. The summed E-state index contributed by atoms with van der Waals surface area (Å²) < 4.78 is 111. The molecule has 11 nitrogen and oxygen atoms in total. The minimum Gasteiger partial charge on any atom is -0.497 e. The summed E-state index contributed by atoms with van der Waals surface area (Å²) in [5.41, 5.74) is -1.02. The van der Waals surface area contributed by atoms with Gasteiger partial charge in [0, 0.05) is 12.3 Å². The molecule has 0 bridgehead atoms. The van der Waals surface area contributed by atoms with Gasteiger partial charge in [0.2, 0.25) is 0 Å². The molecule has 0 amide bonds. The van der Waals surface area contributed by atoms with Gasteiger partial charge in [0.1, 0.15) is 42.8 Å². The van der Waals surface area contributed by atoms with E-state index in [-0.39, 0.29) is 0 Å². The number of aliphatic hydroxyl groups is 1. The summed E-state index contributed by atoms with van der Waals surface area (Å²) in [4.78, 5) is 26.0. The van der Waals surface area contributed by atoms with E-state index >= 15 is 0 Å². The molecule has 0 aliphatic rings. The Morgan fingerprint density at radius 2 is 1.23 bits per heavy atom. The number of methoxy groups -OCH3 is 2. The summed E-state index contributed by atoms with van der Waals surface area (Å²) >= 11 is 0. The highest BCUT2D eigenvalue weighted by Crippen LogP contribution is 2.42. The maximum Gasteiger partial charge on any atom is 0.402 e. The standard InChI is InChI=1S/C35H36F6N2O9/c1-47-26-12-8-24(9-13-26)33(23-6-4-3-5-7-23,25-10-14-27(48-2)15-11-25)52-19-29(51-21-43-17-16-31(45)42-32(43)46)28(44)18-49-22-50-20-30(34(36,37)38)35(39,40)41/h3-17,28-30,44H,18-22H2,1-2H3,(H,42,45,46)/t28?,29-/m1/s1. The molecule has 4 rings (SSSR count). The van der Waals surface area contributed by atoms with Gasteiger partial charge >= 0.3 is 18.0 Å². The van der Waals surface area contributed by atoms with Crippen LogP contribution in [0.1, 0.15) is 16.7 Å². The molecule has 2 atom stereocenters. The van der Waals surface area contributed by atoms with Gasteiger partial charge in [-0.05, 0) is 41.0 Å². The number of nitrogens with one attached hydrogen (secondary N) is 1. The minimum atomic E-state index is -5.60. The Kier molecular flexibility index (Phi) is 13.6. The zero-order chi connectivity index (χ0) is 37.9. The van der Waals surface area contributed by atoms with Crippen molar-refractivity contribution in [2.75, 3.05) is 40.8 Å². The third kappa shape index (κ3) is 10.2. The van der Waals surface area contributed by atoms with Crippen molar-refractivity contribution in [1.29, 1.82) is 0 Å². The smallest absolute Gasteiger partial charge is 0.402 e. The van der Waals surface area contributed by atoms with Crippen molar-refractivity contribution in [3.63, 3.8) is 0 Å². The second-order valence-electron chi connectivity index (χ2n) is 11.3. The third-order valence-electron chi connectivity index (χ3n) is 7.92. The Labute approximate surface area is 293 Å². The summed E-state index contributed by atoms with van der Waals surface area (Å²) in [6, 6.07) is 24.1. The van der Waals surface area contributed by atoms with Gasteiger partial charge in [-0.15, -0.1) is 0 Å². The Balaban J connectivity index is 1.65. The van der Waals surface area contributed by atoms with Crippen LogP contribution >= 0.6 is 0 Å². The maximum absolute atomic E-state index is 12.9. The highest BCUT2D eigenvalue weighted by Gasteiger charge is 2.56. The lowest BCUT2D eigenvalue weighted by molar-refractivity contribution is -0.298.